The van der Waals surface area contributed by atoms with Crippen LogP contribution in [0.2, 0.25) is 0 Å². The van der Waals surface area contributed by atoms with Gasteiger partial charge in [-0.2, -0.15) is 0 Å². The zero-order chi connectivity index (χ0) is 17.3. The SMILES string of the molecule is COc1cc(OC)c2c(c1)-c1cc(OC)c(OC)cc1CN(C)C2. The van der Waals surface area contributed by atoms with Crippen LogP contribution in [0.5, 0.6) is 23.0 Å². The Bertz CT molecular complexity index is 758. The highest BCUT2D eigenvalue weighted by atomic mass is 16.5. The van der Waals surface area contributed by atoms with E-state index in [2.05, 4.69) is 18.0 Å². The van der Waals surface area contributed by atoms with Crippen molar-refractivity contribution in [2.75, 3.05) is 35.5 Å². The zero-order valence-corrected chi connectivity index (χ0v) is 14.8. The number of benzene rings is 2. The molecule has 2 aromatic carbocycles. The Morgan fingerprint density at radius 3 is 2.00 bits per heavy atom. The number of nitrogens with zero attached hydrogens (tertiary/aromatic N) is 1. The lowest BCUT2D eigenvalue weighted by atomic mass is 9.95. The van der Waals surface area contributed by atoms with Crippen LogP contribution in [0.4, 0.5) is 0 Å². The fourth-order valence-corrected chi connectivity index (χ4v) is 3.24. The molecule has 0 radical (unpaired) electrons. The summed E-state index contributed by atoms with van der Waals surface area (Å²) in [5.74, 6) is 3.06. The molecule has 24 heavy (non-hydrogen) atoms. The number of fused-ring (bicyclic) bond motifs is 3. The number of hydrogen-bond donors (Lipinski definition) is 0. The third-order valence-corrected chi connectivity index (χ3v) is 4.41. The molecule has 0 aromatic heterocycles. The molecule has 128 valence electrons. The summed E-state index contributed by atoms with van der Waals surface area (Å²) in [7, 11) is 8.76. The van der Waals surface area contributed by atoms with Gasteiger partial charge in [0.05, 0.1) is 28.4 Å². The third kappa shape index (κ3) is 2.76. The van der Waals surface area contributed by atoms with Crippen LogP contribution in [0.1, 0.15) is 11.1 Å². The second-order valence-corrected chi connectivity index (χ2v) is 5.89. The van der Waals surface area contributed by atoms with E-state index >= 15 is 0 Å². The first-order chi connectivity index (χ1) is 11.6. The van der Waals surface area contributed by atoms with E-state index in [1.165, 1.54) is 5.56 Å². The highest BCUT2D eigenvalue weighted by Crippen LogP contribution is 2.43. The number of hydrogen-bond acceptors (Lipinski definition) is 5. The van der Waals surface area contributed by atoms with E-state index in [0.29, 0.717) is 5.75 Å². The van der Waals surface area contributed by atoms with Gasteiger partial charge in [-0.15, -0.1) is 0 Å². The van der Waals surface area contributed by atoms with E-state index in [4.69, 9.17) is 18.9 Å². The molecule has 2 aromatic rings. The van der Waals surface area contributed by atoms with Gasteiger partial charge < -0.3 is 18.9 Å². The summed E-state index contributed by atoms with van der Waals surface area (Å²) >= 11 is 0. The molecule has 0 N–H and O–H groups in total. The van der Waals surface area contributed by atoms with E-state index in [0.717, 1.165) is 47.0 Å². The van der Waals surface area contributed by atoms with Crippen molar-refractivity contribution >= 4 is 0 Å². The maximum atomic E-state index is 5.61. The predicted octanol–water partition coefficient (Wildman–Crippen LogP) is 3.33. The van der Waals surface area contributed by atoms with Crippen LogP contribution < -0.4 is 18.9 Å². The van der Waals surface area contributed by atoms with Crippen molar-refractivity contribution in [3.8, 4) is 34.1 Å². The third-order valence-electron chi connectivity index (χ3n) is 4.41. The standard InChI is InChI=1S/C19H23NO4/c1-20-10-12-6-18(23-4)19(24-5)9-14(12)15-7-13(21-2)8-17(22-3)16(15)11-20/h6-9H,10-11H2,1-5H3. The summed E-state index contributed by atoms with van der Waals surface area (Å²) in [6.07, 6.45) is 0. The van der Waals surface area contributed by atoms with Crippen molar-refractivity contribution in [1.82, 2.24) is 4.90 Å². The summed E-state index contributed by atoms with van der Waals surface area (Å²) in [6, 6.07) is 8.07. The summed E-state index contributed by atoms with van der Waals surface area (Å²) in [6.45, 7) is 1.61. The lowest BCUT2D eigenvalue weighted by Gasteiger charge is -2.17. The number of methoxy groups -OCH3 is 4. The Balaban J connectivity index is 2.30. The first-order valence-electron chi connectivity index (χ1n) is 7.80. The maximum absolute atomic E-state index is 5.61. The molecule has 1 aliphatic heterocycles. The first-order valence-corrected chi connectivity index (χ1v) is 7.80. The van der Waals surface area contributed by atoms with Gasteiger partial charge in [-0.25, -0.2) is 0 Å². The summed E-state index contributed by atoms with van der Waals surface area (Å²) in [5, 5.41) is 0. The van der Waals surface area contributed by atoms with Crippen LogP contribution in [0, 0.1) is 0 Å². The van der Waals surface area contributed by atoms with Gasteiger partial charge in [-0.3, -0.25) is 4.90 Å². The Labute approximate surface area is 142 Å². The molecule has 5 heteroatoms. The van der Waals surface area contributed by atoms with Gasteiger partial charge in [0.1, 0.15) is 11.5 Å². The van der Waals surface area contributed by atoms with Crippen molar-refractivity contribution in [3.63, 3.8) is 0 Å². The lowest BCUT2D eigenvalue weighted by molar-refractivity contribution is 0.311. The fraction of sp³-hybridized carbons (Fsp3) is 0.368. The van der Waals surface area contributed by atoms with E-state index in [-0.39, 0.29) is 0 Å². The van der Waals surface area contributed by atoms with Gasteiger partial charge in [0, 0.05) is 24.7 Å². The largest absolute Gasteiger partial charge is 0.497 e. The quantitative estimate of drug-likeness (QED) is 0.860. The smallest absolute Gasteiger partial charge is 0.161 e. The molecule has 0 atom stereocenters. The van der Waals surface area contributed by atoms with Crippen molar-refractivity contribution in [3.05, 3.63) is 35.4 Å². The second-order valence-electron chi connectivity index (χ2n) is 5.89. The molecule has 0 fully saturated rings. The van der Waals surface area contributed by atoms with Crippen LogP contribution in [0.25, 0.3) is 11.1 Å². The van der Waals surface area contributed by atoms with E-state index in [1.54, 1.807) is 28.4 Å². The highest BCUT2D eigenvalue weighted by molar-refractivity contribution is 5.78. The fourth-order valence-electron chi connectivity index (χ4n) is 3.24. The molecule has 0 unspecified atom stereocenters. The van der Waals surface area contributed by atoms with Gasteiger partial charge in [-0.1, -0.05) is 0 Å². The first kappa shape index (κ1) is 16.5. The Morgan fingerprint density at radius 2 is 1.38 bits per heavy atom. The van der Waals surface area contributed by atoms with Gasteiger partial charge in [0.2, 0.25) is 0 Å². The number of rotatable bonds is 4. The molecule has 0 aliphatic carbocycles. The minimum absolute atomic E-state index is 0.716. The van der Waals surface area contributed by atoms with Crippen LogP contribution in [-0.2, 0) is 13.1 Å². The Kier molecular flexibility index (Phi) is 4.53. The molecule has 5 nitrogen and oxygen atoms in total. The molecule has 0 amide bonds. The molecule has 0 saturated heterocycles. The van der Waals surface area contributed by atoms with Gasteiger partial charge in [-0.05, 0) is 41.9 Å². The average molecular weight is 329 g/mol. The summed E-state index contributed by atoms with van der Waals surface area (Å²) in [4.78, 5) is 2.26. The van der Waals surface area contributed by atoms with Gasteiger partial charge in [0.15, 0.2) is 11.5 Å². The second kappa shape index (κ2) is 6.61. The van der Waals surface area contributed by atoms with E-state index < -0.39 is 0 Å². The summed E-state index contributed by atoms with van der Waals surface area (Å²) in [5.41, 5.74) is 4.55. The Hall–Kier alpha value is -2.40. The van der Waals surface area contributed by atoms with E-state index in [9.17, 15) is 0 Å². The molecule has 0 saturated carbocycles. The topological polar surface area (TPSA) is 40.2 Å². The van der Waals surface area contributed by atoms with E-state index in [1.807, 2.05) is 18.2 Å². The van der Waals surface area contributed by atoms with Crippen molar-refractivity contribution < 1.29 is 18.9 Å². The average Bonchev–Trinajstić information content (AvgIpc) is 2.74. The normalized spacial score (nSPS) is 13.5. The molecule has 0 bridgehead atoms. The molecular weight excluding hydrogens is 306 g/mol. The highest BCUT2D eigenvalue weighted by Gasteiger charge is 2.23. The number of ether oxygens (including phenoxy) is 4. The van der Waals surface area contributed by atoms with Crippen molar-refractivity contribution in [2.24, 2.45) is 0 Å². The monoisotopic (exact) mass is 329 g/mol. The van der Waals surface area contributed by atoms with Gasteiger partial charge in [0.25, 0.3) is 0 Å². The van der Waals surface area contributed by atoms with Crippen LogP contribution in [0.3, 0.4) is 0 Å². The van der Waals surface area contributed by atoms with Gasteiger partial charge >= 0.3 is 0 Å². The van der Waals surface area contributed by atoms with Crippen LogP contribution >= 0.6 is 0 Å². The maximum Gasteiger partial charge on any atom is 0.161 e. The zero-order valence-electron chi connectivity index (χ0n) is 14.8. The van der Waals surface area contributed by atoms with Crippen LogP contribution in [0.15, 0.2) is 24.3 Å². The van der Waals surface area contributed by atoms with Crippen molar-refractivity contribution in [1.29, 1.82) is 0 Å². The molecule has 3 rings (SSSR count). The molecule has 1 aliphatic rings. The minimum Gasteiger partial charge on any atom is -0.497 e. The minimum atomic E-state index is 0.716. The Morgan fingerprint density at radius 1 is 0.708 bits per heavy atom. The molecule has 0 spiro atoms. The molecule has 1 heterocycles. The molecular formula is C19H23NO4. The predicted molar refractivity (Wildman–Crippen MR) is 93.3 cm³/mol. The van der Waals surface area contributed by atoms with Crippen LogP contribution in [-0.4, -0.2) is 40.4 Å². The van der Waals surface area contributed by atoms with Crippen molar-refractivity contribution in [2.45, 2.75) is 13.1 Å². The lowest BCUT2D eigenvalue weighted by Crippen LogP contribution is -2.16. The summed E-state index contributed by atoms with van der Waals surface area (Å²) < 4.78 is 22.0.